The highest BCUT2D eigenvalue weighted by molar-refractivity contribution is 7.92. The number of benzene rings is 2. The van der Waals surface area contributed by atoms with Crippen molar-refractivity contribution in [2.75, 3.05) is 23.1 Å². The van der Waals surface area contributed by atoms with Gasteiger partial charge in [-0.25, -0.2) is 13.2 Å². The van der Waals surface area contributed by atoms with Gasteiger partial charge in [0.05, 0.1) is 27.9 Å². The topological polar surface area (TPSA) is 102 Å². The predicted molar refractivity (Wildman–Crippen MR) is 98.2 cm³/mol. The monoisotopic (exact) mass is 370 g/mol. The molecule has 134 valence electrons. The van der Waals surface area contributed by atoms with Crippen molar-refractivity contribution in [2.24, 2.45) is 0 Å². The van der Waals surface area contributed by atoms with Gasteiger partial charge in [0.15, 0.2) is 0 Å². The number of carbonyl (C=O) groups is 1. The lowest BCUT2D eigenvalue weighted by Crippen LogP contribution is -2.32. The summed E-state index contributed by atoms with van der Waals surface area (Å²) in [6.45, 7) is 1.40. The number of rotatable bonds is 4. The molecule has 0 atom stereocenters. The van der Waals surface area contributed by atoms with Crippen LogP contribution in [0.1, 0.15) is 18.4 Å². The van der Waals surface area contributed by atoms with Crippen LogP contribution in [0, 0.1) is 11.3 Å². The third-order valence-electron chi connectivity index (χ3n) is 4.10. The van der Waals surface area contributed by atoms with Gasteiger partial charge < -0.3 is 10.2 Å². The first-order chi connectivity index (χ1) is 12.5. The Labute approximate surface area is 152 Å². The lowest BCUT2D eigenvalue weighted by Gasteiger charge is -2.18. The number of amides is 2. The number of hydrogen-bond acceptors (Lipinski definition) is 4. The maximum Gasteiger partial charge on any atom is 0.321 e. The third kappa shape index (κ3) is 3.95. The van der Waals surface area contributed by atoms with Crippen LogP contribution in [-0.2, 0) is 10.0 Å². The van der Waals surface area contributed by atoms with Gasteiger partial charge in [-0.05, 0) is 49.2 Å². The number of hydrogen-bond donors (Lipinski definition) is 2. The summed E-state index contributed by atoms with van der Waals surface area (Å²) in [5.74, 6) is 0. The fourth-order valence-electron chi connectivity index (χ4n) is 2.71. The van der Waals surface area contributed by atoms with Crippen LogP contribution >= 0.6 is 0 Å². The Hall–Kier alpha value is -3.05. The molecular formula is C18H18N4O3S. The highest BCUT2D eigenvalue weighted by Gasteiger charge is 2.20. The molecular weight excluding hydrogens is 352 g/mol. The van der Waals surface area contributed by atoms with Crippen LogP contribution in [0.25, 0.3) is 0 Å². The van der Waals surface area contributed by atoms with E-state index in [-0.39, 0.29) is 16.6 Å². The standard InChI is InChI=1S/C18H18N4O3S/c19-13-14-7-9-15(10-8-14)26(24,25)21-17-6-2-1-5-16(17)20-18(23)22-11-3-4-12-22/h1-2,5-10,21H,3-4,11-12H2,(H,20,23). The highest BCUT2D eigenvalue weighted by Crippen LogP contribution is 2.25. The molecule has 8 heteroatoms. The Kier molecular flexibility index (Phi) is 5.09. The Bertz CT molecular complexity index is 943. The Morgan fingerprint density at radius 1 is 1.00 bits per heavy atom. The average molecular weight is 370 g/mol. The molecule has 0 unspecified atom stereocenters. The summed E-state index contributed by atoms with van der Waals surface area (Å²) in [5, 5.41) is 11.6. The van der Waals surface area contributed by atoms with Crippen molar-refractivity contribution in [3.8, 4) is 6.07 Å². The van der Waals surface area contributed by atoms with E-state index in [4.69, 9.17) is 5.26 Å². The molecule has 1 aliphatic heterocycles. The van der Waals surface area contributed by atoms with Crippen molar-refractivity contribution >= 4 is 27.4 Å². The maximum atomic E-state index is 12.6. The van der Waals surface area contributed by atoms with Crippen molar-refractivity contribution in [2.45, 2.75) is 17.7 Å². The molecule has 1 fully saturated rings. The van der Waals surface area contributed by atoms with E-state index in [1.165, 1.54) is 24.3 Å². The summed E-state index contributed by atoms with van der Waals surface area (Å²) in [5.41, 5.74) is 1.05. The highest BCUT2D eigenvalue weighted by atomic mass is 32.2. The minimum Gasteiger partial charge on any atom is -0.325 e. The first kappa shape index (κ1) is 17.8. The van der Waals surface area contributed by atoms with Gasteiger partial charge in [-0.1, -0.05) is 12.1 Å². The number of nitriles is 1. The van der Waals surface area contributed by atoms with Gasteiger partial charge >= 0.3 is 6.03 Å². The molecule has 0 aromatic heterocycles. The van der Waals surface area contributed by atoms with E-state index in [1.54, 1.807) is 29.2 Å². The maximum absolute atomic E-state index is 12.6. The van der Waals surface area contributed by atoms with Crippen molar-refractivity contribution < 1.29 is 13.2 Å². The van der Waals surface area contributed by atoms with Gasteiger partial charge in [0.1, 0.15) is 0 Å². The van der Waals surface area contributed by atoms with Crippen LogP contribution in [0.3, 0.4) is 0 Å². The molecule has 7 nitrogen and oxygen atoms in total. The van der Waals surface area contributed by atoms with Crippen molar-refractivity contribution in [1.29, 1.82) is 5.26 Å². The Morgan fingerprint density at radius 2 is 1.62 bits per heavy atom. The van der Waals surface area contributed by atoms with E-state index < -0.39 is 10.0 Å². The molecule has 2 aromatic carbocycles. The quantitative estimate of drug-likeness (QED) is 0.863. The normalized spacial score (nSPS) is 13.9. The van der Waals surface area contributed by atoms with Crippen molar-refractivity contribution in [1.82, 2.24) is 4.90 Å². The summed E-state index contributed by atoms with van der Waals surface area (Å²) < 4.78 is 27.6. The second kappa shape index (κ2) is 7.45. The third-order valence-corrected chi connectivity index (χ3v) is 5.48. The molecule has 2 N–H and O–H groups in total. The molecule has 0 saturated carbocycles. The van der Waals surface area contributed by atoms with Crippen LogP contribution in [0.15, 0.2) is 53.4 Å². The first-order valence-electron chi connectivity index (χ1n) is 8.17. The van der Waals surface area contributed by atoms with Crippen LogP contribution in [0.2, 0.25) is 0 Å². The second-order valence-electron chi connectivity index (χ2n) is 5.91. The van der Waals surface area contributed by atoms with Crippen molar-refractivity contribution in [3.05, 3.63) is 54.1 Å². The number of nitrogens with zero attached hydrogens (tertiary/aromatic N) is 2. The number of para-hydroxylation sites is 2. The number of anilines is 2. The smallest absolute Gasteiger partial charge is 0.321 e. The van der Waals surface area contributed by atoms with E-state index >= 15 is 0 Å². The summed E-state index contributed by atoms with van der Waals surface area (Å²) >= 11 is 0. The number of urea groups is 1. The lowest BCUT2D eigenvalue weighted by molar-refractivity contribution is 0.222. The van der Waals surface area contributed by atoms with E-state index in [0.29, 0.717) is 24.3 Å². The van der Waals surface area contributed by atoms with E-state index in [2.05, 4.69) is 10.0 Å². The average Bonchev–Trinajstić information content (AvgIpc) is 3.18. The van der Waals surface area contributed by atoms with E-state index in [0.717, 1.165) is 12.8 Å². The molecule has 0 spiro atoms. The molecule has 26 heavy (non-hydrogen) atoms. The lowest BCUT2D eigenvalue weighted by atomic mass is 10.2. The summed E-state index contributed by atoms with van der Waals surface area (Å²) in [6.07, 6.45) is 1.95. The second-order valence-corrected chi connectivity index (χ2v) is 7.59. The largest absolute Gasteiger partial charge is 0.325 e. The van der Waals surface area contributed by atoms with Gasteiger partial charge in [0.25, 0.3) is 10.0 Å². The first-order valence-corrected chi connectivity index (χ1v) is 9.66. The molecule has 2 aromatic rings. The zero-order valence-electron chi connectivity index (χ0n) is 14.0. The molecule has 0 aliphatic carbocycles. The number of sulfonamides is 1. The fraction of sp³-hybridized carbons (Fsp3) is 0.222. The summed E-state index contributed by atoms with van der Waals surface area (Å²) in [6, 6.07) is 13.9. The minimum atomic E-state index is -3.84. The van der Waals surface area contributed by atoms with Crippen LogP contribution in [0.4, 0.5) is 16.2 Å². The fourth-order valence-corrected chi connectivity index (χ4v) is 3.79. The summed E-state index contributed by atoms with van der Waals surface area (Å²) in [4.78, 5) is 14.0. The van der Waals surface area contributed by atoms with Crippen LogP contribution in [-0.4, -0.2) is 32.4 Å². The van der Waals surface area contributed by atoms with Crippen LogP contribution < -0.4 is 10.0 Å². The number of likely N-dealkylation sites (tertiary alicyclic amines) is 1. The molecule has 3 rings (SSSR count). The van der Waals surface area contributed by atoms with Gasteiger partial charge in [0, 0.05) is 13.1 Å². The molecule has 0 radical (unpaired) electrons. The molecule has 1 heterocycles. The number of carbonyl (C=O) groups excluding carboxylic acids is 1. The van der Waals surface area contributed by atoms with Gasteiger partial charge in [-0.15, -0.1) is 0 Å². The molecule has 2 amide bonds. The van der Waals surface area contributed by atoms with Gasteiger partial charge in [-0.3, -0.25) is 4.72 Å². The van der Waals surface area contributed by atoms with Crippen molar-refractivity contribution in [3.63, 3.8) is 0 Å². The van der Waals surface area contributed by atoms with Crippen LogP contribution in [0.5, 0.6) is 0 Å². The van der Waals surface area contributed by atoms with E-state index in [9.17, 15) is 13.2 Å². The van der Waals surface area contributed by atoms with Gasteiger partial charge in [-0.2, -0.15) is 5.26 Å². The van der Waals surface area contributed by atoms with Gasteiger partial charge in [0.2, 0.25) is 0 Å². The zero-order chi connectivity index (χ0) is 18.6. The molecule has 1 saturated heterocycles. The Balaban J connectivity index is 1.80. The zero-order valence-corrected chi connectivity index (χ0v) is 14.8. The SMILES string of the molecule is N#Cc1ccc(S(=O)(=O)Nc2ccccc2NC(=O)N2CCCC2)cc1. The molecule has 1 aliphatic rings. The number of nitrogens with one attached hydrogen (secondary N) is 2. The summed E-state index contributed by atoms with van der Waals surface area (Å²) in [7, 11) is -3.84. The molecule has 0 bridgehead atoms. The van der Waals surface area contributed by atoms with E-state index in [1.807, 2.05) is 6.07 Å². The predicted octanol–water partition coefficient (Wildman–Crippen LogP) is 2.99. The Morgan fingerprint density at radius 3 is 2.23 bits per heavy atom. The minimum absolute atomic E-state index is 0.0390.